The number of aromatic nitrogens is 2. The number of non-ortho nitro benzene ring substituents is 1. The average molecular weight is 387 g/mol. The smallest absolute Gasteiger partial charge is 0.269 e. The summed E-state index contributed by atoms with van der Waals surface area (Å²) in [5, 5.41) is 11.4. The number of halogens is 1. The number of furan rings is 1. The molecule has 2 aromatic heterocycles. The Balaban J connectivity index is 1.58. The summed E-state index contributed by atoms with van der Waals surface area (Å²) in [7, 11) is 0. The van der Waals surface area contributed by atoms with Crippen molar-refractivity contribution < 1.29 is 9.34 Å². The number of H-pyrrole nitrogens is 1. The molecule has 0 unspecified atom stereocenters. The van der Waals surface area contributed by atoms with Crippen LogP contribution in [0.1, 0.15) is 16.8 Å². The van der Waals surface area contributed by atoms with Gasteiger partial charge in [0.25, 0.3) is 11.2 Å². The predicted octanol–water partition coefficient (Wildman–Crippen LogP) is 3.15. The number of nitrogens with one attached hydrogen (secondary N) is 1. The molecule has 0 amide bonds. The fourth-order valence-electron chi connectivity index (χ4n) is 3.18. The van der Waals surface area contributed by atoms with Crippen molar-refractivity contribution in [1.29, 1.82) is 0 Å². The third-order valence-electron chi connectivity index (χ3n) is 4.54. The standard InChI is InChI=1S/C18H15ClN4O4/c19-14-4-3-12(23(25)26)8-11(14)9-22-6-5-15-13(10-22)18(24)21-17(20-15)16-2-1-7-27-16/h1-4,7-8H,5-6,9-10H2,(H,20,21,24). The first-order chi connectivity index (χ1) is 13.0. The Labute approximate surface area is 158 Å². The van der Waals surface area contributed by atoms with Crippen LogP contribution in [0.5, 0.6) is 0 Å². The topological polar surface area (TPSA) is 105 Å². The van der Waals surface area contributed by atoms with Crippen LogP contribution in [0.25, 0.3) is 11.6 Å². The Hall–Kier alpha value is -2.97. The Morgan fingerprint density at radius 1 is 1.37 bits per heavy atom. The molecule has 0 atom stereocenters. The van der Waals surface area contributed by atoms with Crippen molar-refractivity contribution in [3.05, 3.63) is 78.9 Å². The van der Waals surface area contributed by atoms with Gasteiger partial charge < -0.3 is 9.40 Å². The monoisotopic (exact) mass is 386 g/mol. The van der Waals surface area contributed by atoms with Crippen molar-refractivity contribution >= 4 is 17.3 Å². The van der Waals surface area contributed by atoms with Gasteiger partial charge in [0.1, 0.15) is 0 Å². The molecule has 8 nitrogen and oxygen atoms in total. The van der Waals surface area contributed by atoms with Crippen LogP contribution in [0.4, 0.5) is 5.69 Å². The quantitative estimate of drug-likeness (QED) is 0.545. The van der Waals surface area contributed by atoms with Crippen LogP contribution in [0, 0.1) is 10.1 Å². The van der Waals surface area contributed by atoms with E-state index < -0.39 is 4.92 Å². The Bertz CT molecular complexity index is 1060. The molecule has 0 saturated carbocycles. The third-order valence-corrected chi connectivity index (χ3v) is 4.91. The molecule has 0 radical (unpaired) electrons. The highest BCUT2D eigenvalue weighted by atomic mass is 35.5. The molecular formula is C18H15ClN4O4. The lowest BCUT2D eigenvalue weighted by molar-refractivity contribution is -0.384. The van der Waals surface area contributed by atoms with E-state index in [4.69, 9.17) is 16.0 Å². The molecule has 0 aliphatic carbocycles. The van der Waals surface area contributed by atoms with Gasteiger partial charge in [-0.15, -0.1) is 0 Å². The maximum Gasteiger partial charge on any atom is 0.269 e. The second kappa shape index (κ2) is 6.98. The van der Waals surface area contributed by atoms with Gasteiger partial charge in [-0.2, -0.15) is 0 Å². The molecule has 0 spiro atoms. The zero-order chi connectivity index (χ0) is 19.0. The third kappa shape index (κ3) is 3.49. The molecule has 1 aromatic carbocycles. The normalized spacial score (nSPS) is 14.1. The highest BCUT2D eigenvalue weighted by Crippen LogP contribution is 2.25. The van der Waals surface area contributed by atoms with Crippen LogP contribution in [0.3, 0.4) is 0 Å². The van der Waals surface area contributed by atoms with E-state index in [1.807, 2.05) is 4.90 Å². The van der Waals surface area contributed by atoms with Crippen molar-refractivity contribution in [2.75, 3.05) is 6.54 Å². The molecule has 0 fully saturated rings. The number of aromatic amines is 1. The number of nitrogens with zero attached hydrogens (tertiary/aromatic N) is 3. The van der Waals surface area contributed by atoms with Gasteiger partial charge >= 0.3 is 0 Å². The lowest BCUT2D eigenvalue weighted by Gasteiger charge is -2.27. The minimum atomic E-state index is -0.448. The maximum atomic E-state index is 12.5. The van der Waals surface area contributed by atoms with Crippen LogP contribution in [-0.2, 0) is 19.5 Å². The van der Waals surface area contributed by atoms with Crippen molar-refractivity contribution in [3.8, 4) is 11.6 Å². The van der Waals surface area contributed by atoms with Gasteiger partial charge in [-0.05, 0) is 23.8 Å². The molecule has 0 bridgehead atoms. The van der Waals surface area contributed by atoms with E-state index in [2.05, 4.69) is 9.97 Å². The van der Waals surface area contributed by atoms with Crippen LogP contribution in [-0.4, -0.2) is 26.3 Å². The van der Waals surface area contributed by atoms with Gasteiger partial charge in [-0.1, -0.05) is 11.6 Å². The van der Waals surface area contributed by atoms with E-state index in [1.165, 1.54) is 24.5 Å². The molecule has 138 valence electrons. The lowest BCUT2D eigenvalue weighted by Crippen LogP contribution is -2.35. The fraction of sp³-hybridized carbons (Fsp3) is 0.222. The molecule has 3 aromatic rings. The zero-order valence-corrected chi connectivity index (χ0v) is 14.9. The molecule has 3 heterocycles. The molecule has 1 N–H and O–H groups in total. The van der Waals surface area contributed by atoms with Crippen LogP contribution < -0.4 is 5.56 Å². The first-order valence-corrected chi connectivity index (χ1v) is 8.70. The van der Waals surface area contributed by atoms with Crippen molar-refractivity contribution in [2.45, 2.75) is 19.5 Å². The van der Waals surface area contributed by atoms with Crippen LogP contribution >= 0.6 is 11.6 Å². The molecule has 4 rings (SSSR count). The largest absolute Gasteiger partial charge is 0.461 e. The number of fused-ring (bicyclic) bond motifs is 1. The number of nitro groups is 1. The van der Waals surface area contributed by atoms with Crippen molar-refractivity contribution in [2.24, 2.45) is 0 Å². The van der Waals surface area contributed by atoms with Gasteiger partial charge in [0.05, 0.1) is 22.4 Å². The number of benzene rings is 1. The van der Waals surface area contributed by atoms with Gasteiger partial charge in [-0.25, -0.2) is 4.98 Å². The minimum absolute atomic E-state index is 0.00517. The molecule has 9 heteroatoms. The maximum absolute atomic E-state index is 12.5. The predicted molar refractivity (Wildman–Crippen MR) is 98.5 cm³/mol. The summed E-state index contributed by atoms with van der Waals surface area (Å²) in [6, 6.07) is 7.85. The first-order valence-electron chi connectivity index (χ1n) is 8.32. The van der Waals surface area contributed by atoms with E-state index in [0.717, 1.165) is 5.69 Å². The van der Waals surface area contributed by atoms with E-state index in [9.17, 15) is 14.9 Å². The SMILES string of the molecule is O=c1[nH]c(-c2ccco2)nc2c1CN(Cc1cc([N+](=O)[O-])ccc1Cl)CC2. The molecule has 1 aliphatic heterocycles. The van der Waals surface area contributed by atoms with Crippen molar-refractivity contribution in [3.63, 3.8) is 0 Å². The average Bonchev–Trinajstić information content (AvgIpc) is 3.18. The number of hydrogen-bond donors (Lipinski definition) is 1. The second-order valence-corrected chi connectivity index (χ2v) is 6.72. The molecule has 27 heavy (non-hydrogen) atoms. The Morgan fingerprint density at radius 3 is 2.96 bits per heavy atom. The van der Waals surface area contributed by atoms with E-state index in [-0.39, 0.29) is 11.2 Å². The summed E-state index contributed by atoms with van der Waals surface area (Å²) < 4.78 is 5.30. The molecular weight excluding hydrogens is 372 g/mol. The summed E-state index contributed by atoms with van der Waals surface area (Å²) in [5.74, 6) is 0.930. The van der Waals surface area contributed by atoms with E-state index >= 15 is 0 Å². The lowest BCUT2D eigenvalue weighted by atomic mass is 10.1. The number of rotatable bonds is 4. The minimum Gasteiger partial charge on any atom is -0.461 e. The van der Waals surface area contributed by atoms with Gasteiger partial charge in [0.15, 0.2) is 11.6 Å². The van der Waals surface area contributed by atoms with Crippen LogP contribution in [0.2, 0.25) is 5.02 Å². The zero-order valence-electron chi connectivity index (χ0n) is 14.1. The van der Waals surface area contributed by atoms with E-state index in [0.29, 0.717) is 53.8 Å². The molecule has 0 saturated heterocycles. The fourth-order valence-corrected chi connectivity index (χ4v) is 3.36. The number of nitro benzene ring substituents is 1. The van der Waals surface area contributed by atoms with Gasteiger partial charge in [0, 0.05) is 43.2 Å². The van der Waals surface area contributed by atoms with Gasteiger partial charge in [0.2, 0.25) is 0 Å². The van der Waals surface area contributed by atoms with Crippen LogP contribution in [0.15, 0.2) is 45.8 Å². The molecule has 1 aliphatic rings. The Morgan fingerprint density at radius 2 is 2.22 bits per heavy atom. The summed E-state index contributed by atoms with van der Waals surface area (Å²) >= 11 is 6.19. The van der Waals surface area contributed by atoms with Crippen molar-refractivity contribution in [1.82, 2.24) is 14.9 Å². The van der Waals surface area contributed by atoms with Gasteiger partial charge in [-0.3, -0.25) is 19.8 Å². The summed E-state index contributed by atoms with van der Waals surface area (Å²) in [4.78, 5) is 32.3. The summed E-state index contributed by atoms with van der Waals surface area (Å²) in [6.07, 6.45) is 2.12. The Kier molecular flexibility index (Phi) is 4.51. The second-order valence-electron chi connectivity index (χ2n) is 6.31. The highest BCUT2D eigenvalue weighted by molar-refractivity contribution is 6.31. The summed E-state index contributed by atoms with van der Waals surface area (Å²) in [5.41, 5.74) is 1.78. The first kappa shape index (κ1) is 17.4. The number of hydrogen-bond acceptors (Lipinski definition) is 6. The highest BCUT2D eigenvalue weighted by Gasteiger charge is 2.23. The summed E-state index contributed by atoms with van der Waals surface area (Å²) in [6.45, 7) is 1.48. The van der Waals surface area contributed by atoms with E-state index in [1.54, 1.807) is 12.1 Å².